The van der Waals surface area contributed by atoms with E-state index in [0.29, 0.717) is 5.56 Å². The predicted molar refractivity (Wildman–Crippen MR) is 84.5 cm³/mol. The highest BCUT2D eigenvalue weighted by molar-refractivity contribution is 7.07. The summed E-state index contributed by atoms with van der Waals surface area (Å²) in [7, 11) is 0. The van der Waals surface area contributed by atoms with Crippen LogP contribution in [0.25, 0.3) is 0 Å². The van der Waals surface area contributed by atoms with Gasteiger partial charge in [0.25, 0.3) is 5.91 Å². The van der Waals surface area contributed by atoms with Gasteiger partial charge in [-0.05, 0) is 35.2 Å². The fourth-order valence-electron chi connectivity index (χ4n) is 2.14. The van der Waals surface area contributed by atoms with E-state index in [1.807, 2.05) is 35.0 Å². The van der Waals surface area contributed by atoms with Crippen LogP contribution < -0.4 is 5.32 Å². The van der Waals surface area contributed by atoms with Crippen molar-refractivity contribution < 1.29 is 14.3 Å². The molecule has 0 unspecified atom stereocenters. The van der Waals surface area contributed by atoms with E-state index in [4.69, 9.17) is 4.74 Å². The highest BCUT2D eigenvalue weighted by atomic mass is 32.1. The highest BCUT2D eigenvalue weighted by Gasteiger charge is 2.30. The molecule has 0 saturated heterocycles. The summed E-state index contributed by atoms with van der Waals surface area (Å²) in [6.45, 7) is 0. The molecule has 1 aromatic carbocycles. The van der Waals surface area contributed by atoms with Crippen LogP contribution in [0.4, 0.5) is 0 Å². The van der Waals surface area contributed by atoms with Crippen molar-refractivity contribution in [2.75, 3.05) is 0 Å². The summed E-state index contributed by atoms with van der Waals surface area (Å²) in [5, 5.41) is 6.72. The molecular formula is C17H17NO3S. The standard InChI is InChI=1S/C17H17NO3S/c19-15(10-12-8-9-22-11-12)21-16(13-4-2-1-3-5-13)17(20)18-14-6-7-14/h1-5,8-9,11,14,16H,6-7,10H2,(H,18,20)/t16-/m1/s1. The first-order valence-electron chi connectivity index (χ1n) is 7.28. The molecule has 114 valence electrons. The van der Waals surface area contributed by atoms with E-state index in [1.54, 1.807) is 12.1 Å². The van der Waals surface area contributed by atoms with E-state index in [-0.39, 0.29) is 18.4 Å². The van der Waals surface area contributed by atoms with Gasteiger partial charge in [0.05, 0.1) is 6.42 Å². The minimum atomic E-state index is -0.882. The molecule has 1 N–H and O–H groups in total. The number of thiophene rings is 1. The molecule has 0 spiro atoms. The second kappa shape index (κ2) is 6.75. The van der Waals surface area contributed by atoms with E-state index < -0.39 is 12.1 Å². The molecular weight excluding hydrogens is 298 g/mol. The third kappa shape index (κ3) is 3.95. The molecule has 1 saturated carbocycles. The maximum absolute atomic E-state index is 12.3. The van der Waals surface area contributed by atoms with Gasteiger partial charge in [-0.1, -0.05) is 30.3 Å². The van der Waals surface area contributed by atoms with Crippen LogP contribution in [0.2, 0.25) is 0 Å². The van der Waals surface area contributed by atoms with Gasteiger partial charge >= 0.3 is 5.97 Å². The molecule has 22 heavy (non-hydrogen) atoms. The van der Waals surface area contributed by atoms with Crippen LogP contribution in [-0.2, 0) is 20.7 Å². The molecule has 1 atom stereocenters. The molecule has 1 fully saturated rings. The van der Waals surface area contributed by atoms with Gasteiger partial charge in [0.1, 0.15) is 0 Å². The zero-order valence-electron chi connectivity index (χ0n) is 12.0. The Morgan fingerprint density at radius 3 is 2.64 bits per heavy atom. The number of hydrogen-bond acceptors (Lipinski definition) is 4. The zero-order chi connectivity index (χ0) is 15.4. The summed E-state index contributed by atoms with van der Waals surface area (Å²) < 4.78 is 5.45. The molecule has 1 aliphatic rings. The number of carbonyl (C=O) groups excluding carboxylic acids is 2. The quantitative estimate of drug-likeness (QED) is 0.834. The number of rotatable bonds is 6. The lowest BCUT2D eigenvalue weighted by Crippen LogP contribution is -2.33. The SMILES string of the molecule is O=C(Cc1ccsc1)O[C@@H](C(=O)NC1CC1)c1ccccc1. The van der Waals surface area contributed by atoms with Crippen LogP contribution in [0, 0.1) is 0 Å². The smallest absolute Gasteiger partial charge is 0.311 e. The van der Waals surface area contributed by atoms with Gasteiger partial charge in [-0.2, -0.15) is 11.3 Å². The Morgan fingerprint density at radius 1 is 1.23 bits per heavy atom. The average Bonchev–Trinajstić information content (AvgIpc) is 3.19. The minimum Gasteiger partial charge on any atom is -0.447 e. The molecule has 1 heterocycles. The molecule has 0 bridgehead atoms. The molecule has 5 heteroatoms. The third-order valence-corrected chi connectivity index (χ3v) is 4.17. The van der Waals surface area contributed by atoms with Gasteiger partial charge in [-0.25, -0.2) is 0 Å². The van der Waals surface area contributed by atoms with Gasteiger partial charge < -0.3 is 10.1 Å². The second-order valence-corrected chi connectivity index (χ2v) is 6.15. The van der Waals surface area contributed by atoms with E-state index in [1.165, 1.54) is 11.3 Å². The number of carbonyl (C=O) groups is 2. The van der Waals surface area contributed by atoms with Crippen molar-refractivity contribution in [3.63, 3.8) is 0 Å². The Kier molecular flexibility index (Phi) is 4.53. The number of nitrogens with one attached hydrogen (secondary N) is 1. The maximum Gasteiger partial charge on any atom is 0.311 e. The first-order chi connectivity index (χ1) is 10.7. The monoisotopic (exact) mass is 315 g/mol. The van der Waals surface area contributed by atoms with Crippen LogP contribution in [0.1, 0.15) is 30.1 Å². The van der Waals surface area contributed by atoms with E-state index in [0.717, 1.165) is 18.4 Å². The number of amides is 1. The summed E-state index contributed by atoms with van der Waals surface area (Å²) >= 11 is 1.53. The van der Waals surface area contributed by atoms with Crippen molar-refractivity contribution in [1.82, 2.24) is 5.32 Å². The molecule has 1 aromatic heterocycles. The van der Waals surface area contributed by atoms with Crippen molar-refractivity contribution in [1.29, 1.82) is 0 Å². The first-order valence-corrected chi connectivity index (χ1v) is 8.22. The average molecular weight is 315 g/mol. The lowest BCUT2D eigenvalue weighted by molar-refractivity contribution is -0.155. The summed E-state index contributed by atoms with van der Waals surface area (Å²) in [4.78, 5) is 24.4. The number of esters is 1. The zero-order valence-corrected chi connectivity index (χ0v) is 12.8. The third-order valence-electron chi connectivity index (χ3n) is 3.44. The lowest BCUT2D eigenvalue weighted by atomic mass is 10.1. The maximum atomic E-state index is 12.3. The topological polar surface area (TPSA) is 55.4 Å². The van der Waals surface area contributed by atoms with Crippen molar-refractivity contribution in [3.05, 3.63) is 58.3 Å². The van der Waals surface area contributed by atoms with Crippen molar-refractivity contribution in [3.8, 4) is 0 Å². The van der Waals surface area contributed by atoms with Gasteiger partial charge in [0.2, 0.25) is 6.10 Å². The Hall–Kier alpha value is -2.14. The normalized spacial score (nSPS) is 15.1. The van der Waals surface area contributed by atoms with Gasteiger partial charge in [0.15, 0.2) is 0 Å². The van der Waals surface area contributed by atoms with E-state index in [9.17, 15) is 9.59 Å². The largest absolute Gasteiger partial charge is 0.447 e. The summed E-state index contributed by atoms with van der Waals surface area (Å²) in [5.41, 5.74) is 1.60. The number of hydrogen-bond donors (Lipinski definition) is 1. The molecule has 1 aliphatic carbocycles. The van der Waals surface area contributed by atoms with Crippen LogP contribution >= 0.6 is 11.3 Å². The Bertz CT molecular complexity index is 635. The van der Waals surface area contributed by atoms with Crippen molar-refractivity contribution in [2.24, 2.45) is 0 Å². The highest BCUT2D eigenvalue weighted by Crippen LogP contribution is 2.23. The first kappa shape index (κ1) is 14.8. The molecule has 0 radical (unpaired) electrons. The molecule has 3 rings (SSSR count). The van der Waals surface area contributed by atoms with Gasteiger partial charge in [-0.15, -0.1) is 0 Å². The number of benzene rings is 1. The summed E-state index contributed by atoms with van der Waals surface area (Å²) in [5.74, 6) is -0.634. The van der Waals surface area contributed by atoms with Crippen LogP contribution in [0.5, 0.6) is 0 Å². The van der Waals surface area contributed by atoms with Crippen molar-refractivity contribution >= 4 is 23.2 Å². The minimum absolute atomic E-state index is 0.184. The second-order valence-electron chi connectivity index (χ2n) is 5.37. The molecule has 4 nitrogen and oxygen atoms in total. The summed E-state index contributed by atoms with van der Waals surface area (Å²) in [6.07, 6.45) is 1.29. The molecule has 0 aliphatic heterocycles. The fourth-order valence-corrected chi connectivity index (χ4v) is 2.81. The van der Waals surface area contributed by atoms with Crippen LogP contribution in [-0.4, -0.2) is 17.9 Å². The van der Waals surface area contributed by atoms with Crippen molar-refractivity contribution in [2.45, 2.75) is 31.4 Å². The van der Waals surface area contributed by atoms with E-state index >= 15 is 0 Å². The fraction of sp³-hybridized carbons (Fsp3) is 0.294. The summed E-state index contributed by atoms with van der Waals surface area (Å²) in [6, 6.07) is 11.2. The lowest BCUT2D eigenvalue weighted by Gasteiger charge is -2.18. The van der Waals surface area contributed by atoms with Crippen LogP contribution in [0.3, 0.4) is 0 Å². The van der Waals surface area contributed by atoms with E-state index in [2.05, 4.69) is 5.32 Å². The Balaban J connectivity index is 1.70. The Morgan fingerprint density at radius 2 is 2.00 bits per heavy atom. The van der Waals surface area contributed by atoms with Gasteiger partial charge in [-0.3, -0.25) is 9.59 Å². The predicted octanol–water partition coefficient (Wildman–Crippen LogP) is 2.85. The number of ether oxygens (including phenoxy) is 1. The Labute approximate surface area is 133 Å². The molecule has 1 amide bonds. The van der Waals surface area contributed by atoms with Gasteiger partial charge in [0, 0.05) is 11.6 Å². The molecule has 2 aromatic rings. The van der Waals surface area contributed by atoms with Crippen LogP contribution in [0.15, 0.2) is 47.2 Å².